The fourth-order valence-electron chi connectivity index (χ4n) is 9.26. The molecule has 2 fully saturated rings. The van der Waals surface area contributed by atoms with Crippen LogP contribution in [0.5, 0.6) is 0 Å². The number of carbonyl (C=O) groups excluding carboxylic acids is 2. The summed E-state index contributed by atoms with van der Waals surface area (Å²) in [4.78, 5) is 38.4. The number of aliphatic hydroxyl groups excluding tert-OH is 2. The van der Waals surface area contributed by atoms with Gasteiger partial charge in [0.25, 0.3) is 11.8 Å². The van der Waals surface area contributed by atoms with Gasteiger partial charge in [-0.1, -0.05) is 92.4 Å². The molecule has 11 nitrogen and oxygen atoms in total. The topological polar surface area (TPSA) is 147 Å². The number of amides is 2. The highest BCUT2D eigenvalue weighted by Crippen LogP contribution is 2.30. The van der Waals surface area contributed by atoms with Crippen molar-refractivity contribution < 1.29 is 28.6 Å². The van der Waals surface area contributed by atoms with Gasteiger partial charge in [-0.3, -0.25) is 14.6 Å². The Bertz CT molecular complexity index is 2740. The molecule has 4 aromatic heterocycles. The minimum absolute atomic E-state index is 0.291. The van der Waals surface area contributed by atoms with E-state index in [-0.39, 0.29) is 23.9 Å². The van der Waals surface area contributed by atoms with Crippen molar-refractivity contribution in [1.29, 1.82) is 0 Å². The molecule has 2 saturated carbocycles. The van der Waals surface area contributed by atoms with Gasteiger partial charge in [-0.25, -0.2) is 18.7 Å². The van der Waals surface area contributed by atoms with Crippen molar-refractivity contribution in [2.45, 2.75) is 88.7 Å². The minimum Gasteiger partial charge on any atom is -0.391 e. The van der Waals surface area contributed by atoms with E-state index in [0.717, 1.165) is 71.9 Å². The average molecular weight is 888 g/mol. The highest BCUT2D eigenvalue weighted by molar-refractivity contribution is 6.08. The summed E-state index contributed by atoms with van der Waals surface area (Å²) in [5.74, 6) is -1.55. The molecule has 13 heteroatoms. The monoisotopic (exact) mass is 887 g/mol. The van der Waals surface area contributed by atoms with Gasteiger partial charge in [0.15, 0.2) is 0 Å². The summed E-state index contributed by atoms with van der Waals surface area (Å²) in [6, 6.07) is 29.2. The van der Waals surface area contributed by atoms with E-state index in [9.17, 15) is 28.6 Å². The summed E-state index contributed by atoms with van der Waals surface area (Å²) in [5, 5.41) is 26.9. The number of aromatic nitrogens is 5. The van der Waals surface area contributed by atoms with Crippen LogP contribution in [0.25, 0.3) is 44.1 Å². The number of nitrogens with zero attached hydrogens (tertiary/aromatic N) is 5. The van der Waals surface area contributed by atoms with Gasteiger partial charge in [-0.2, -0.15) is 0 Å². The Kier molecular flexibility index (Phi) is 13.4. The van der Waals surface area contributed by atoms with Gasteiger partial charge in [0.2, 0.25) is 0 Å². The molecule has 4 atom stereocenters. The molecule has 2 amide bonds. The molecule has 4 aromatic carbocycles. The van der Waals surface area contributed by atoms with Crippen LogP contribution in [0.2, 0.25) is 0 Å². The lowest BCUT2D eigenvalue weighted by atomic mass is 9.92. The van der Waals surface area contributed by atoms with Crippen LogP contribution in [0, 0.1) is 11.6 Å². The third kappa shape index (κ3) is 9.77. The molecule has 2 aliphatic carbocycles. The first-order chi connectivity index (χ1) is 32.2. The second-order valence-electron chi connectivity index (χ2n) is 17.2. The summed E-state index contributed by atoms with van der Waals surface area (Å²) in [5.41, 5.74) is 8.03. The highest BCUT2D eigenvalue weighted by Gasteiger charge is 2.28. The Morgan fingerprint density at radius 1 is 0.545 bits per heavy atom. The van der Waals surface area contributed by atoms with Crippen LogP contribution in [0.1, 0.15) is 83.2 Å². The maximum atomic E-state index is 14.8. The van der Waals surface area contributed by atoms with Crippen molar-refractivity contribution in [1.82, 2.24) is 34.7 Å². The van der Waals surface area contributed by atoms with Gasteiger partial charge >= 0.3 is 0 Å². The van der Waals surface area contributed by atoms with Crippen molar-refractivity contribution in [3.05, 3.63) is 174 Å². The third-order valence-corrected chi connectivity index (χ3v) is 12.8. The Balaban J connectivity index is 0.000000166. The van der Waals surface area contributed by atoms with Crippen molar-refractivity contribution in [2.75, 3.05) is 0 Å². The lowest BCUT2D eigenvalue weighted by molar-refractivity contribution is 0.0716. The maximum Gasteiger partial charge on any atom is 0.253 e. The normalized spacial score (nSPS) is 18.4. The zero-order chi connectivity index (χ0) is 45.6. The lowest BCUT2D eigenvalue weighted by Gasteiger charge is -2.28. The van der Waals surface area contributed by atoms with Gasteiger partial charge in [0.1, 0.15) is 18.0 Å². The number of carbonyl (C=O) groups is 2. The van der Waals surface area contributed by atoms with Crippen molar-refractivity contribution >= 4 is 33.6 Å². The number of hydrogen-bond donors (Lipinski definition) is 4. The van der Waals surface area contributed by atoms with Crippen LogP contribution in [-0.4, -0.2) is 70.4 Å². The van der Waals surface area contributed by atoms with Crippen LogP contribution in [0.4, 0.5) is 8.78 Å². The van der Waals surface area contributed by atoms with Gasteiger partial charge in [-0.15, -0.1) is 0 Å². The Labute approximate surface area is 381 Å². The van der Waals surface area contributed by atoms with Crippen molar-refractivity contribution in [2.24, 2.45) is 0 Å². The first-order valence-corrected chi connectivity index (χ1v) is 22.6. The zero-order valence-electron chi connectivity index (χ0n) is 36.4. The number of halogens is 2. The van der Waals surface area contributed by atoms with Crippen molar-refractivity contribution in [3.63, 3.8) is 0 Å². The van der Waals surface area contributed by atoms with Gasteiger partial charge in [-0.05, 0) is 83.8 Å². The first kappa shape index (κ1) is 44.1. The number of hydrogen-bond acceptors (Lipinski definition) is 7. The summed E-state index contributed by atoms with van der Waals surface area (Å²) in [7, 11) is 0. The molecule has 0 saturated heterocycles. The summed E-state index contributed by atoms with van der Waals surface area (Å²) in [6.45, 7) is 0.997. The second kappa shape index (κ2) is 20.0. The number of rotatable bonds is 10. The van der Waals surface area contributed by atoms with E-state index in [0.29, 0.717) is 58.9 Å². The van der Waals surface area contributed by atoms with E-state index in [1.165, 1.54) is 18.5 Å². The smallest absolute Gasteiger partial charge is 0.253 e. The van der Waals surface area contributed by atoms with Gasteiger partial charge in [0.05, 0.1) is 46.5 Å². The van der Waals surface area contributed by atoms with E-state index in [2.05, 4.69) is 25.6 Å². The lowest BCUT2D eigenvalue weighted by Crippen LogP contribution is -2.45. The zero-order valence-corrected chi connectivity index (χ0v) is 36.4. The average Bonchev–Trinajstić information content (AvgIpc) is 3.91. The maximum absolute atomic E-state index is 14.8. The number of aliphatic hydroxyl groups is 2. The molecular formula is C53H51F2N7O4. The molecule has 0 spiro atoms. The number of fused-ring (bicyclic) bond motifs is 2. The summed E-state index contributed by atoms with van der Waals surface area (Å²) in [6.07, 6.45) is 17.6. The predicted molar refractivity (Wildman–Crippen MR) is 251 cm³/mol. The van der Waals surface area contributed by atoms with Crippen LogP contribution in [0.3, 0.4) is 0 Å². The van der Waals surface area contributed by atoms with E-state index in [4.69, 9.17) is 0 Å². The van der Waals surface area contributed by atoms with E-state index in [1.807, 2.05) is 88.1 Å². The molecule has 10 rings (SSSR count). The van der Waals surface area contributed by atoms with E-state index >= 15 is 0 Å². The molecule has 66 heavy (non-hydrogen) atoms. The molecule has 0 unspecified atom stereocenters. The van der Waals surface area contributed by atoms with Gasteiger partial charge < -0.3 is 30.0 Å². The quantitative estimate of drug-likeness (QED) is 0.107. The number of nitrogens with one attached hydrogen (secondary N) is 2. The van der Waals surface area contributed by atoms with E-state index < -0.39 is 23.8 Å². The van der Waals surface area contributed by atoms with Crippen LogP contribution in [0.15, 0.2) is 141 Å². The van der Waals surface area contributed by atoms with Crippen LogP contribution in [-0.2, 0) is 13.1 Å². The minimum atomic E-state index is -0.561. The molecule has 0 radical (unpaired) electrons. The molecule has 0 aliphatic heterocycles. The predicted octanol–water partition coefficient (Wildman–Crippen LogP) is 9.24. The van der Waals surface area contributed by atoms with Gasteiger partial charge in [0, 0.05) is 66.6 Å². The first-order valence-electron chi connectivity index (χ1n) is 22.6. The largest absolute Gasteiger partial charge is 0.391 e. The fourth-order valence-corrected chi connectivity index (χ4v) is 9.26. The molecule has 8 aromatic rings. The second-order valence-corrected chi connectivity index (χ2v) is 17.2. The van der Waals surface area contributed by atoms with Crippen molar-refractivity contribution in [3.8, 4) is 22.3 Å². The fraction of sp³-hybridized carbons (Fsp3) is 0.264. The molecule has 0 bridgehead atoms. The number of pyridine rings is 1. The summed E-state index contributed by atoms with van der Waals surface area (Å²) < 4.78 is 33.4. The highest BCUT2D eigenvalue weighted by atomic mass is 19.1. The van der Waals surface area contributed by atoms with Crippen LogP contribution >= 0.6 is 0 Å². The molecule has 4 N–H and O–H groups in total. The molecule has 2 aliphatic rings. The summed E-state index contributed by atoms with van der Waals surface area (Å²) >= 11 is 0. The Morgan fingerprint density at radius 2 is 1.00 bits per heavy atom. The Morgan fingerprint density at radius 3 is 1.45 bits per heavy atom. The SMILES string of the molecule is O=C(N[C@H]1CCCC[C@@H]1O)c1cn(Cc2ccc(-c3cccnc3)cc2)c2cccc(F)c12.O=C(N[C@H]1CCCC[C@@H]1O)c1cn(Cc2ccc(-c3cncnc3)cc2)c2cccc(F)c12. The molecule has 336 valence electrons. The van der Waals surface area contributed by atoms with Crippen LogP contribution < -0.4 is 10.6 Å². The number of benzene rings is 4. The molecule has 4 heterocycles. The Hall–Kier alpha value is -7.09. The third-order valence-electron chi connectivity index (χ3n) is 12.8. The van der Waals surface area contributed by atoms with E-state index in [1.54, 1.807) is 43.1 Å². The molecular weight excluding hydrogens is 837 g/mol. The standard InChI is InChI=1S/C27H26FN3O2.C26H25FN4O2/c28-22-6-3-8-24-26(22)21(27(33)30-23-7-1-2-9-25(23)32)17-31(24)16-18-10-12-19(13-11-18)20-5-4-14-29-15-20;27-21-4-3-6-23-25(21)20(26(33)30-22-5-1-2-7-24(22)32)15-31(23)14-17-8-10-18(11-9-17)19-12-28-16-29-13-19/h3-6,8,10-15,17,23,25,32H,1-2,7,9,16H2,(H,30,33);3-4,6,8-13,15-16,22,24,32H,1-2,5,7,14H2,(H,30,33)/t23-,25-;22-,24-/m00/s1.